The average Bonchev–Trinajstić information content (AvgIpc) is 1.94. The van der Waals surface area contributed by atoms with Gasteiger partial charge in [0.25, 0.3) is 0 Å². The number of rotatable bonds is 1. The van der Waals surface area contributed by atoms with Crippen LogP contribution in [0.15, 0.2) is 18.2 Å². The Morgan fingerprint density at radius 3 is 2.45 bits per heavy atom. The van der Waals surface area contributed by atoms with E-state index in [4.69, 9.17) is 11.6 Å². The van der Waals surface area contributed by atoms with E-state index in [2.05, 4.69) is 54.5 Å². The van der Waals surface area contributed by atoms with Gasteiger partial charge in [-0.2, -0.15) is 0 Å². The molecular weight excluding hydrogens is 406 g/mol. The molecule has 0 fully saturated rings. The minimum absolute atomic E-state index is 0.136. The Kier molecular flexibility index (Phi) is 4.15. The molecule has 11 heavy (non-hydrogen) atoms. The van der Waals surface area contributed by atoms with Crippen molar-refractivity contribution in [2.24, 2.45) is 0 Å². The molecule has 1 aromatic carbocycles. The third kappa shape index (κ3) is 2.86. The van der Waals surface area contributed by atoms with Crippen molar-refractivity contribution in [3.63, 3.8) is 0 Å². The Balaban J connectivity index is 3.13. The van der Waals surface area contributed by atoms with Gasteiger partial charge in [0, 0.05) is 8.59 Å². The minimum Gasteiger partial charge on any atom is -0.0840 e. The van der Waals surface area contributed by atoms with Crippen LogP contribution in [0.3, 0.4) is 0 Å². The summed E-state index contributed by atoms with van der Waals surface area (Å²) in [5.74, 6) is 0. The molecule has 0 aliphatic carbocycles. The summed E-state index contributed by atoms with van der Waals surface area (Å²) in [6, 6.07) is 5.92. The van der Waals surface area contributed by atoms with Gasteiger partial charge < -0.3 is 0 Å². The molecular formula is C7H4Br2ClI. The van der Waals surface area contributed by atoms with E-state index in [0.717, 1.165) is 10.6 Å². The molecule has 0 atom stereocenters. The van der Waals surface area contributed by atoms with Crippen LogP contribution in [0, 0.1) is 3.57 Å². The second kappa shape index (κ2) is 4.44. The quantitative estimate of drug-likeness (QED) is 0.464. The highest BCUT2D eigenvalue weighted by atomic mass is 127. The molecule has 0 nitrogen and oxygen atoms in total. The van der Waals surface area contributed by atoms with Crippen LogP contribution < -0.4 is 0 Å². The zero-order chi connectivity index (χ0) is 8.43. The van der Waals surface area contributed by atoms with E-state index < -0.39 is 0 Å². The van der Waals surface area contributed by atoms with Gasteiger partial charge in [-0.3, -0.25) is 0 Å². The van der Waals surface area contributed by atoms with Crippen LogP contribution in [-0.2, 0) is 0 Å². The number of benzene rings is 1. The van der Waals surface area contributed by atoms with Gasteiger partial charge in [-0.1, -0.05) is 43.5 Å². The van der Waals surface area contributed by atoms with Crippen molar-refractivity contribution < 1.29 is 0 Å². The predicted molar refractivity (Wildman–Crippen MR) is 64.8 cm³/mol. The van der Waals surface area contributed by atoms with E-state index >= 15 is 0 Å². The average molecular weight is 410 g/mol. The lowest BCUT2D eigenvalue weighted by atomic mass is 10.2. The summed E-state index contributed by atoms with van der Waals surface area (Å²) >= 11 is 15.0. The third-order valence-electron chi connectivity index (χ3n) is 1.19. The first-order valence-corrected chi connectivity index (χ1v) is 6.13. The highest BCUT2D eigenvalue weighted by molar-refractivity contribution is 14.1. The van der Waals surface area contributed by atoms with Crippen LogP contribution in [0.25, 0.3) is 0 Å². The first-order chi connectivity index (χ1) is 5.11. The van der Waals surface area contributed by atoms with Crippen LogP contribution in [0.5, 0.6) is 0 Å². The van der Waals surface area contributed by atoms with Crippen molar-refractivity contribution in [2.75, 3.05) is 0 Å². The maximum atomic E-state index is 5.93. The topological polar surface area (TPSA) is 0 Å². The molecule has 0 saturated carbocycles. The number of hydrogen-bond acceptors (Lipinski definition) is 0. The molecule has 0 aliphatic heterocycles. The first kappa shape index (κ1) is 10.3. The van der Waals surface area contributed by atoms with Gasteiger partial charge in [0.1, 0.15) is 0 Å². The Labute approximate surface area is 101 Å². The number of hydrogen-bond donors (Lipinski definition) is 0. The van der Waals surface area contributed by atoms with Gasteiger partial charge in [-0.25, -0.2) is 0 Å². The van der Waals surface area contributed by atoms with Gasteiger partial charge in [-0.05, 0) is 46.4 Å². The molecule has 0 amide bonds. The lowest BCUT2D eigenvalue weighted by Crippen LogP contribution is -1.83. The van der Waals surface area contributed by atoms with Crippen molar-refractivity contribution in [3.8, 4) is 0 Å². The Morgan fingerprint density at radius 1 is 1.36 bits per heavy atom. The summed E-state index contributed by atoms with van der Waals surface area (Å²) < 4.78 is 1.32. The van der Waals surface area contributed by atoms with Gasteiger partial charge in [0.15, 0.2) is 0 Å². The normalized spacial score (nSPS) is 10.6. The zero-order valence-electron chi connectivity index (χ0n) is 5.32. The highest BCUT2D eigenvalue weighted by Gasteiger charge is 2.07. The Morgan fingerprint density at radius 2 is 2.00 bits per heavy atom. The fraction of sp³-hybridized carbons (Fsp3) is 0.143. The SMILES string of the molecule is Clc1ccc(I)cc1C(Br)Br. The lowest BCUT2D eigenvalue weighted by Gasteiger charge is -2.04. The summed E-state index contributed by atoms with van der Waals surface area (Å²) in [5, 5.41) is 0.782. The number of alkyl halides is 2. The van der Waals surface area contributed by atoms with Crippen LogP contribution in [0.2, 0.25) is 5.02 Å². The Hall–Kier alpha value is 1.20. The van der Waals surface area contributed by atoms with Crippen LogP contribution >= 0.6 is 66.1 Å². The maximum Gasteiger partial charge on any atom is 0.0961 e. The molecule has 0 bridgehead atoms. The molecule has 0 aliphatic rings. The van der Waals surface area contributed by atoms with E-state index in [1.165, 1.54) is 3.57 Å². The molecule has 1 rings (SSSR count). The second-order valence-electron chi connectivity index (χ2n) is 1.97. The van der Waals surface area contributed by atoms with Gasteiger partial charge in [-0.15, -0.1) is 0 Å². The van der Waals surface area contributed by atoms with Crippen LogP contribution in [-0.4, -0.2) is 0 Å². The van der Waals surface area contributed by atoms with Crippen LogP contribution in [0.1, 0.15) is 9.30 Å². The van der Waals surface area contributed by atoms with E-state index in [-0.39, 0.29) is 3.74 Å². The molecule has 0 heterocycles. The van der Waals surface area contributed by atoms with Gasteiger partial charge in [0.05, 0.1) is 3.74 Å². The lowest BCUT2D eigenvalue weighted by molar-refractivity contribution is 1.41. The molecule has 0 aromatic heterocycles. The van der Waals surface area contributed by atoms with E-state index in [1.807, 2.05) is 18.2 Å². The van der Waals surface area contributed by atoms with Gasteiger partial charge >= 0.3 is 0 Å². The molecule has 60 valence electrons. The Bertz CT molecular complexity index is 263. The largest absolute Gasteiger partial charge is 0.0961 e. The third-order valence-corrected chi connectivity index (χ3v) is 3.19. The highest BCUT2D eigenvalue weighted by Crippen LogP contribution is 2.34. The van der Waals surface area contributed by atoms with Crippen molar-refractivity contribution >= 4 is 66.1 Å². The maximum absolute atomic E-state index is 5.93. The zero-order valence-corrected chi connectivity index (χ0v) is 11.4. The van der Waals surface area contributed by atoms with Crippen molar-refractivity contribution in [2.45, 2.75) is 3.74 Å². The fourth-order valence-corrected chi connectivity index (χ4v) is 2.44. The van der Waals surface area contributed by atoms with Crippen molar-refractivity contribution in [3.05, 3.63) is 32.4 Å². The molecule has 0 unspecified atom stereocenters. The summed E-state index contributed by atoms with van der Waals surface area (Å²) in [6.45, 7) is 0. The fourth-order valence-electron chi connectivity index (χ4n) is 0.682. The second-order valence-corrected chi connectivity index (χ2v) is 6.68. The summed E-state index contributed by atoms with van der Waals surface area (Å²) in [4.78, 5) is 0. The molecule has 0 spiro atoms. The van der Waals surface area contributed by atoms with E-state index in [0.29, 0.717) is 0 Å². The van der Waals surface area contributed by atoms with Crippen molar-refractivity contribution in [1.82, 2.24) is 0 Å². The standard InChI is InChI=1S/C7H4Br2ClI/c8-7(9)5-3-4(11)1-2-6(5)10/h1-3,7H. The summed E-state index contributed by atoms with van der Waals surface area (Å²) in [6.07, 6.45) is 0. The summed E-state index contributed by atoms with van der Waals surface area (Å²) in [5.41, 5.74) is 1.07. The van der Waals surface area contributed by atoms with E-state index in [1.54, 1.807) is 0 Å². The molecule has 4 heteroatoms. The smallest absolute Gasteiger partial charge is 0.0840 e. The molecule has 0 radical (unpaired) electrons. The van der Waals surface area contributed by atoms with E-state index in [9.17, 15) is 0 Å². The monoisotopic (exact) mass is 408 g/mol. The molecule has 0 N–H and O–H groups in total. The number of halogens is 4. The van der Waals surface area contributed by atoms with Gasteiger partial charge in [0.2, 0.25) is 0 Å². The predicted octanol–water partition coefficient (Wildman–Crippen LogP) is 4.73. The first-order valence-electron chi connectivity index (χ1n) is 2.84. The van der Waals surface area contributed by atoms with Crippen LogP contribution in [0.4, 0.5) is 0 Å². The molecule has 0 saturated heterocycles. The minimum atomic E-state index is 0.136. The summed E-state index contributed by atoms with van der Waals surface area (Å²) in [7, 11) is 0. The van der Waals surface area contributed by atoms with Crippen molar-refractivity contribution in [1.29, 1.82) is 0 Å². The molecule has 1 aromatic rings.